The van der Waals surface area contributed by atoms with Gasteiger partial charge in [0.15, 0.2) is 0 Å². The van der Waals surface area contributed by atoms with Gasteiger partial charge in [0, 0.05) is 25.1 Å². The first kappa shape index (κ1) is 13.6. The highest BCUT2D eigenvalue weighted by molar-refractivity contribution is 7.89. The maximum absolute atomic E-state index is 12.0. The molecule has 0 saturated carbocycles. The zero-order chi connectivity index (χ0) is 14.7. The molecule has 0 bridgehead atoms. The van der Waals surface area contributed by atoms with Crippen molar-refractivity contribution in [2.45, 2.75) is 11.4 Å². The Bertz CT molecular complexity index is 791. The molecule has 0 unspecified atom stereocenters. The van der Waals surface area contributed by atoms with Crippen LogP contribution in [0.15, 0.2) is 59.9 Å². The summed E-state index contributed by atoms with van der Waals surface area (Å²) in [5.74, 6) is 0. The predicted molar refractivity (Wildman–Crippen MR) is 78.8 cm³/mol. The van der Waals surface area contributed by atoms with Crippen LogP contribution in [0.3, 0.4) is 0 Å². The van der Waals surface area contributed by atoms with Crippen molar-refractivity contribution in [2.75, 3.05) is 0 Å². The molecule has 1 aromatic carbocycles. The van der Waals surface area contributed by atoms with Gasteiger partial charge in [-0.25, -0.2) is 13.1 Å². The van der Waals surface area contributed by atoms with Crippen molar-refractivity contribution >= 4 is 10.0 Å². The molecule has 2 aromatic heterocycles. The largest absolute Gasteiger partial charge is 0.366 e. The second-order valence-electron chi connectivity index (χ2n) is 4.54. The summed E-state index contributed by atoms with van der Waals surface area (Å²) in [5.41, 5.74) is 2.82. The van der Waals surface area contributed by atoms with Crippen molar-refractivity contribution in [1.82, 2.24) is 19.9 Å². The lowest BCUT2D eigenvalue weighted by Gasteiger charge is -2.06. The van der Waals surface area contributed by atoms with E-state index in [0.29, 0.717) is 0 Å². The van der Waals surface area contributed by atoms with Crippen molar-refractivity contribution in [3.63, 3.8) is 0 Å². The van der Waals surface area contributed by atoms with Crippen LogP contribution in [0, 0.1) is 0 Å². The number of H-pyrrole nitrogens is 2. The number of aromatic nitrogens is 3. The maximum Gasteiger partial charge on any atom is 0.242 e. The minimum absolute atomic E-state index is 0.233. The summed E-state index contributed by atoms with van der Waals surface area (Å²) < 4.78 is 26.5. The number of rotatable bonds is 5. The van der Waals surface area contributed by atoms with Crippen LogP contribution in [0.5, 0.6) is 0 Å². The van der Waals surface area contributed by atoms with Gasteiger partial charge in [-0.15, -0.1) is 0 Å². The van der Waals surface area contributed by atoms with E-state index in [9.17, 15) is 8.42 Å². The molecule has 0 saturated heterocycles. The van der Waals surface area contributed by atoms with Crippen LogP contribution in [-0.4, -0.2) is 23.6 Å². The van der Waals surface area contributed by atoms with E-state index >= 15 is 0 Å². The topological polar surface area (TPSA) is 90.6 Å². The Morgan fingerprint density at radius 1 is 1.10 bits per heavy atom. The van der Waals surface area contributed by atoms with Gasteiger partial charge in [0.1, 0.15) is 0 Å². The number of sulfonamides is 1. The fourth-order valence-electron chi connectivity index (χ4n) is 1.96. The van der Waals surface area contributed by atoms with E-state index in [-0.39, 0.29) is 11.4 Å². The quantitative estimate of drug-likeness (QED) is 0.672. The summed E-state index contributed by atoms with van der Waals surface area (Å²) in [4.78, 5) is 2.96. The molecule has 3 aromatic rings. The normalized spacial score (nSPS) is 11.6. The Morgan fingerprint density at radius 2 is 1.90 bits per heavy atom. The van der Waals surface area contributed by atoms with Gasteiger partial charge in [-0.3, -0.25) is 5.10 Å². The first-order valence-corrected chi connectivity index (χ1v) is 7.85. The van der Waals surface area contributed by atoms with E-state index in [1.54, 1.807) is 12.4 Å². The van der Waals surface area contributed by atoms with E-state index < -0.39 is 10.0 Å². The lowest BCUT2D eigenvalue weighted by Crippen LogP contribution is -2.22. The molecule has 108 valence electrons. The number of benzene rings is 1. The summed E-state index contributed by atoms with van der Waals surface area (Å²) in [6, 6.07) is 11.0. The molecular weight excluding hydrogens is 288 g/mol. The minimum atomic E-state index is -3.47. The van der Waals surface area contributed by atoms with Gasteiger partial charge in [0.05, 0.1) is 10.6 Å². The summed E-state index contributed by atoms with van der Waals surface area (Å²) in [7, 11) is -3.47. The summed E-state index contributed by atoms with van der Waals surface area (Å²) in [6.45, 7) is 0.247. The molecule has 3 N–H and O–H groups in total. The molecule has 7 heteroatoms. The Balaban J connectivity index is 1.69. The van der Waals surface area contributed by atoms with Crippen LogP contribution in [0.2, 0.25) is 0 Å². The minimum Gasteiger partial charge on any atom is -0.366 e. The van der Waals surface area contributed by atoms with Crippen molar-refractivity contribution in [3.05, 3.63) is 60.6 Å². The monoisotopic (exact) mass is 302 g/mol. The van der Waals surface area contributed by atoms with E-state index in [1.165, 1.54) is 12.3 Å². The third-order valence-electron chi connectivity index (χ3n) is 3.11. The summed E-state index contributed by atoms with van der Waals surface area (Å²) in [6.07, 6.45) is 4.71. The maximum atomic E-state index is 12.0. The van der Waals surface area contributed by atoms with E-state index in [2.05, 4.69) is 19.9 Å². The van der Waals surface area contributed by atoms with Gasteiger partial charge in [0.2, 0.25) is 10.0 Å². The third kappa shape index (κ3) is 3.04. The highest BCUT2D eigenvalue weighted by atomic mass is 32.2. The molecule has 0 aliphatic rings. The van der Waals surface area contributed by atoms with Crippen LogP contribution in [0.25, 0.3) is 11.3 Å². The first-order valence-electron chi connectivity index (χ1n) is 6.36. The van der Waals surface area contributed by atoms with Gasteiger partial charge < -0.3 is 4.98 Å². The highest BCUT2D eigenvalue weighted by Crippen LogP contribution is 2.17. The SMILES string of the molecule is O=S(=O)(NCc1ccc(-c2ccn[nH]2)cc1)c1cc[nH]c1. The Kier molecular flexibility index (Phi) is 3.59. The lowest BCUT2D eigenvalue weighted by atomic mass is 10.1. The first-order chi connectivity index (χ1) is 10.1. The number of aromatic amines is 2. The molecule has 0 spiro atoms. The van der Waals surface area contributed by atoms with Crippen molar-refractivity contribution in [1.29, 1.82) is 0 Å². The summed E-state index contributed by atoms with van der Waals surface area (Å²) in [5, 5.41) is 6.78. The highest BCUT2D eigenvalue weighted by Gasteiger charge is 2.13. The van der Waals surface area contributed by atoms with Gasteiger partial charge in [-0.1, -0.05) is 24.3 Å². The smallest absolute Gasteiger partial charge is 0.242 e. The van der Waals surface area contributed by atoms with Crippen molar-refractivity contribution in [3.8, 4) is 11.3 Å². The second-order valence-corrected chi connectivity index (χ2v) is 6.31. The predicted octanol–water partition coefficient (Wildman–Crippen LogP) is 1.88. The number of nitrogens with zero attached hydrogens (tertiary/aromatic N) is 1. The zero-order valence-electron chi connectivity index (χ0n) is 11.1. The van der Waals surface area contributed by atoms with Gasteiger partial charge in [-0.05, 0) is 23.3 Å². The van der Waals surface area contributed by atoms with Gasteiger partial charge in [0.25, 0.3) is 0 Å². The molecule has 6 nitrogen and oxygen atoms in total. The second kappa shape index (κ2) is 5.55. The number of hydrogen-bond acceptors (Lipinski definition) is 3. The average Bonchev–Trinajstić information content (AvgIpc) is 3.19. The van der Waals surface area contributed by atoms with E-state index in [1.807, 2.05) is 30.3 Å². The van der Waals surface area contributed by atoms with Crippen LogP contribution in [-0.2, 0) is 16.6 Å². The van der Waals surface area contributed by atoms with Gasteiger partial charge >= 0.3 is 0 Å². The lowest BCUT2D eigenvalue weighted by molar-refractivity contribution is 0.581. The van der Waals surface area contributed by atoms with Crippen molar-refractivity contribution in [2.24, 2.45) is 0 Å². The number of nitrogens with one attached hydrogen (secondary N) is 3. The molecular formula is C14H14N4O2S. The zero-order valence-corrected chi connectivity index (χ0v) is 11.9. The third-order valence-corrected chi connectivity index (χ3v) is 4.51. The molecule has 21 heavy (non-hydrogen) atoms. The molecule has 0 aliphatic carbocycles. The number of hydrogen-bond donors (Lipinski definition) is 3. The molecule has 0 amide bonds. The van der Waals surface area contributed by atoms with E-state index in [4.69, 9.17) is 0 Å². The average molecular weight is 302 g/mol. The fourth-order valence-corrected chi connectivity index (χ4v) is 2.95. The Labute approximate surface area is 122 Å². The van der Waals surface area contributed by atoms with Crippen LogP contribution < -0.4 is 4.72 Å². The van der Waals surface area contributed by atoms with Crippen LogP contribution >= 0.6 is 0 Å². The fraction of sp³-hybridized carbons (Fsp3) is 0.0714. The Morgan fingerprint density at radius 3 is 2.52 bits per heavy atom. The van der Waals surface area contributed by atoms with E-state index in [0.717, 1.165) is 16.8 Å². The van der Waals surface area contributed by atoms with Crippen LogP contribution in [0.4, 0.5) is 0 Å². The molecule has 0 radical (unpaired) electrons. The Hall–Kier alpha value is -2.38. The standard InChI is InChI=1S/C14H14N4O2S/c19-21(20,13-5-7-15-10-13)17-9-11-1-3-12(4-2-11)14-6-8-16-18-14/h1-8,10,15,17H,9H2,(H,16,18). The van der Waals surface area contributed by atoms with Gasteiger partial charge in [-0.2, -0.15) is 5.10 Å². The summed E-state index contributed by atoms with van der Waals surface area (Å²) >= 11 is 0. The molecule has 2 heterocycles. The molecule has 0 atom stereocenters. The molecule has 0 fully saturated rings. The van der Waals surface area contributed by atoms with Crippen molar-refractivity contribution < 1.29 is 8.42 Å². The molecule has 3 rings (SSSR count). The van der Waals surface area contributed by atoms with Crippen LogP contribution in [0.1, 0.15) is 5.56 Å². The molecule has 0 aliphatic heterocycles.